The Bertz CT molecular complexity index is 903. The number of hydrogen-bond acceptors (Lipinski definition) is 6. The van der Waals surface area contributed by atoms with Crippen molar-refractivity contribution in [3.8, 4) is 0 Å². The zero-order chi connectivity index (χ0) is 23.5. The average Bonchev–Trinajstić information content (AvgIpc) is 2.69. The van der Waals surface area contributed by atoms with Gasteiger partial charge >= 0.3 is 6.09 Å². The first-order valence-electron chi connectivity index (χ1n) is 11.1. The van der Waals surface area contributed by atoms with Crippen LogP contribution in [0.4, 0.5) is 14.9 Å². The fourth-order valence-electron chi connectivity index (χ4n) is 4.00. The molecule has 1 amide bonds. The predicted molar refractivity (Wildman–Crippen MR) is 123 cm³/mol. The minimum Gasteiger partial charge on any atom is -0.444 e. The maximum atomic E-state index is 14.7. The number of rotatable bonds is 5. The highest BCUT2D eigenvalue weighted by Crippen LogP contribution is 2.22. The number of piperidine rings is 1. The van der Waals surface area contributed by atoms with Gasteiger partial charge in [-0.25, -0.2) is 17.6 Å². The predicted octanol–water partition coefficient (Wildman–Crippen LogP) is 2.71. The number of benzene rings is 1. The van der Waals surface area contributed by atoms with Crippen LogP contribution in [0.1, 0.15) is 39.2 Å². The molecule has 0 radical (unpaired) electrons. The van der Waals surface area contributed by atoms with E-state index in [0.29, 0.717) is 51.5 Å². The maximum Gasteiger partial charge on any atom is 0.410 e. The van der Waals surface area contributed by atoms with Gasteiger partial charge in [-0.05, 0) is 51.3 Å². The van der Waals surface area contributed by atoms with Crippen molar-refractivity contribution in [2.45, 2.75) is 51.8 Å². The molecule has 2 aliphatic heterocycles. The van der Waals surface area contributed by atoms with Crippen molar-refractivity contribution < 1.29 is 22.3 Å². The summed E-state index contributed by atoms with van der Waals surface area (Å²) in [6.07, 6.45) is 2.38. The van der Waals surface area contributed by atoms with Crippen LogP contribution in [0.2, 0.25) is 0 Å². The molecular weight excluding hydrogens is 435 g/mol. The zero-order valence-electron chi connectivity index (χ0n) is 19.4. The molecule has 1 aromatic carbocycles. The molecule has 2 saturated heterocycles. The van der Waals surface area contributed by atoms with Crippen LogP contribution in [0, 0.1) is 5.82 Å². The number of amides is 1. The van der Waals surface area contributed by atoms with E-state index >= 15 is 0 Å². The van der Waals surface area contributed by atoms with Crippen LogP contribution in [-0.2, 0) is 21.3 Å². The van der Waals surface area contributed by atoms with E-state index in [1.807, 2.05) is 26.8 Å². The molecule has 2 fully saturated rings. The molecule has 2 heterocycles. The quantitative estimate of drug-likeness (QED) is 0.713. The van der Waals surface area contributed by atoms with Crippen molar-refractivity contribution in [1.29, 1.82) is 0 Å². The maximum absolute atomic E-state index is 14.7. The van der Waals surface area contributed by atoms with Crippen molar-refractivity contribution in [1.82, 2.24) is 14.1 Å². The Balaban J connectivity index is 1.48. The highest BCUT2D eigenvalue weighted by atomic mass is 32.2. The van der Waals surface area contributed by atoms with E-state index in [4.69, 9.17) is 4.74 Å². The van der Waals surface area contributed by atoms with Crippen molar-refractivity contribution in [2.24, 2.45) is 0 Å². The number of carbonyl (C=O) groups excluding carboxylic acids is 1. The molecule has 0 aliphatic carbocycles. The summed E-state index contributed by atoms with van der Waals surface area (Å²) in [4.78, 5) is 16.0. The Hall–Kier alpha value is -1.91. The van der Waals surface area contributed by atoms with Crippen LogP contribution in [0.15, 0.2) is 18.2 Å². The second kappa shape index (κ2) is 9.93. The van der Waals surface area contributed by atoms with Gasteiger partial charge in [0.15, 0.2) is 0 Å². The minimum atomic E-state index is -3.16. The van der Waals surface area contributed by atoms with Gasteiger partial charge in [-0.1, -0.05) is 6.07 Å². The molecule has 3 rings (SSSR count). The molecule has 180 valence electrons. The average molecular weight is 471 g/mol. The summed E-state index contributed by atoms with van der Waals surface area (Å²) in [6, 6.07) is 5.31. The highest BCUT2D eigenvalue weighted by Gasteiger charge is 2.27. The molecule has 10 heteroatoms. The van der Waals surface area contributed by atoms with E-state index in [-0.39, 0.29) is 18.0 Å². The van der Waals surface area contributed by atoms with Gasteiger partial charge in [0.2, 0.25) is 10.0 Å². The van der Waals surface area contributed by atoms with Crippen molar-refractivity contribution in [3.05, 3.63) is 29.6 Å². The summed E-state index contributed by atoms with van der Waals surface area (Å²) in [7, 11) is -3.16. The summed E-state index contributed by atoms with van der Waals surface area (Å²) in [5.74, 6) is -0.299. The first-order valence-corrected chi connectivity index (χ1v) is 13.0. The molecule has 0 spiro atoms. The minimum absolute atomic E-state index is 0.0955. The lowest BCUT2D eigenvalue weighted by Gasteiger charge is -2.34. The van der Waals surface area contributed by atoms with Crippen LogP contribution < -0.4 is 5.32 Å². The van der Waals surface area contributed by atoms with Gasteiger partial charge in [-0.2, -0.15) is 4.31 Å². The number of carbonyl (C=O) groups is 1. The molecule has 1 N–H and O–H groups in total. The monoisotopic (exact) mass is 470 g/mol. The Morgan fingerprint density at radius 1 is 1.12 bits per heavy atom. The number of likely N-dealkylation sites (tertiary alicyclic amines) is 1. The number of nitrogens with one attached hydrogen (secondary N) is 1. The molecule has 0 saturated carbocycles. The number of halogens is 1. The van der Waals surface area contributed by atoms with Gasteiger partial charge < -0.3 is 15.0 Å². The van der Waals surface area contributed by atoms with Gasteiger partial charge in [-0.15, -0.1) is 0 Å². The molecular formula is C22H35FN4O4S. The van der Waals surface area contributed by atoms with Crippen molar-refractivity contribution in [3.63, 3.8) is 0 Å². The number of sulfonamides is 1. The van der Waals surface area contributed by atoms with Crippen LogP contribution in [-0.4, -0.2) is 85.8 Å². The summed E-state index contributed by atoms with van der Waals surface area (Å²) >= 11 is 0. The topological polar surface area (TPSA) is 82.2 Å². The van der Waals surface area contributed by atoms with Gasteiger partial charge in [0.1, 0.15) is 11.4 Å². The fraction of sp³-hybridized carbons (Fsp3) is 0.682. The summed E-state index contributed by atoms with van der Waals surface area (Å²) in [5, 5.41) is 3.27. The SMILES string of the molecule is CC(C)(C)OC(=O)N1CCC(Nc2ccc(CN3CCN(S(C)(=O)=O)CC3)cc2F)CC1. The summed E-state index contributed by atoms with van der Waals surface area (Å²) in [6.45, 7) is 9.46. The van der Waals surface area contributed by atoms with Crippen LogP contribution in [0.5, 0.6) is 0 Å². The zero-order valence-corrected chi connectivity index (χ0v) is 20.3. The van der Waals surface area contributed by atoms with Gasteiger partial charge in [0, 0.05) is 51.9 Å². The van der Waals surface area contributed by atoms with Gasteiger partial charge in [-0.3, -0.25) is 4.90 Å². The summed E-state index contributed by atoms with van der Waals surface area (Å²) in [5.41, 5.74) is 0.810. The molecule has 0 unspecified atom stereocenters. The first kappa shape index (κ1) is 24.7. The molecule has 8 nitrogen and oxygen atoms in total. The van der Waals surface area contributed by atoms with E-state index in [0.717, 1.165) is 18.4 Å². The number of nitrogens with zero attached hydrogens (tertiary/aromatic N) is 3. The number of anilines is 1. The highest BCUT2D eigenvalue weighted by molar-refractivity contribution is 7.88. The van der Waals surface area contributed by atoms with Crippen LogP contribution in [0.25, 0.3) is 0 Å². The van der Waals surface area contributed by atoms with E-state index in [2.05, 4.69) is 10.2 Å². The van der Waals surface area contributed by atoms with Crippen molar-refractivity contribution >= 4 is 21.8 Å². The summed E-state index contributed by atoms with van der Waals surface area (Å²) < 4.78 is 44.9. The Kier molecular flexibility index (Phi) is 7.67. The third-order valence-corrected chi connectivity index (χ3v) is 7.05. The van der Waals surface area contributed by atoms with Gasteiger partial charge in [0.25, 0.3) is 0 Å². The second-order valence-corrected chi connectivity index (χ2v) is 11.6. The second-order valence-electron chi connectivity index (χ2n) is 9.64. The van der Waals surface area contributed by atoms with Crippen molar-refractivity contribution in [2.75, 3.05) is 50.8 Å². The Labute approximate surface area is 190 Å². The van der Waals surface area contributed by atoms with E-state index in [1.165, 1.54) is 10.6 Å². The third-order valence-electron chi connectivity index (χ3n) is 5.75. The molecule has 0 aromatic heterocycles. The standard InChI is InChI=1S/C22H35FN4O4S/c1-22(2,3)31-21(28)26-9-7-18(8-10-26)24-20-6-5-17(15-19(20)23)16-25-11-13-27(14-12-25)32(4,29)30/h5-6,15,18,24H,7-14,16H2,1-4H3. The molecule has 0 atom stereocenters. The smallest absolute Gasteiger partial charge is 0.410 e. The fourth-order valence-corrected chi connectivity index (χ4v) is 4.83. The lowest BCUT2D eigenvalue weighted by atomic mass is 10.0. The Morgan fingerprint density at radius 3 is 2.28 bits per heavy atom. The van der Waals surface area contributed by atoms with Crippen LogP contribution in [0.3, 0.4) is 0 Å². The molecule has 2 aliphatic rings. The van der Waals surface area contributed by atoms with E-state index < -0.39 is 15.6 Å². The molecule has 0 bridgehead atoms. The number of piperazine rings is 1. The first-order chi connectivity index (χ1) is 14.9. The Morgan fingerprint density at radius 2 is 1.75 bits per heavy atom. The lowest BCUT2D eigenvalue weighted by molar-refractivity contribution is 0.0210. The van der Waals surface area contributed by atoms with Crippen LogP contribution >= 0.6 is 0 Å². The molecule has 32 heavy (non-hydrogen) atoms. The molecule has 1 aromatic rings. The number of ether oxygens (including phenoxy) is 1. The van der Waals surface area contributed by atoms with Gasteiger partial charge in [0.05, 0.1) is 11.9 Å². The lowest BCUT2D eigenvalue weighted by Crippen LogP contribution is -2.47. The normalized spacial score (nSPS) is 19.7. The number of hydrogen-bond donors (Lipinski definition) is 1. The van der Waals surface area contributed by atoms with E-state index in [9.17, 15) is 17.6 Å². The largest absolute Gasteiger partial charge is 0.444 e. The third kappa shape index (κ3) is 7.05. The van der Waals surface area contributed by atoms with E-state index in [1.54, 1.807) is 17.0 Å².